The SMILES string of the molecule is CCCc1nc(C(C)C)nn1Cc1ccc(-c2cnccc2C(=O)O)cc1. The Kier molecular flexibility index (Phi) is 5.64. The summed E-state index contributed by atoms with van der Waals surface area (Å²) in [7, 11) is 0. The third-order valence-electron chi connectivity index (χ3n) is 4.40. The molecule has 0 aliphatic rings. The molecule has 140 valence electrons. The van der Waals surface area contributed by atoms with Gasteiger partial charge in [0, 0.05) is 30.3 Å². The molecule has 0 atom stereocenters. The highest BCUT2D eigenvalue weighted by Gasteiger charge is 2.14. The average molecular weight is 364 g/mol. The van der Waals surface area contributed by atoms with Crippen molar-refractivity contribution >= 4 is 5.97 Å². The summed E-state index contributed by atoms with van der Waals surface area (Å²) in [6.45, 7) is 6.97. The van der Waals surface area contributed by atoms with Gasteiger partial charge in [-0.15, -0.1) is 0 Å². The lowest BCUT2D eigenvalue weighted by Crippen LogP contribution is -2.07. The fourth-order valence-electron chi connectivity index (χ4n) is 2.95. The maximum atomic E-state index is 11.4. The highest BCUT2D eigenvalue weighted by atomic mass is 16.4. The first-order valence-electron chi connectivity index (χ1n) is 9.19. The highest BCUT2D eigenvalue weighted by Crippen LogP contribution is 2.23. The number of aromatic nitrogens is 4. The fraction of sp³-hybridized carbons (Fsp3) is 0.333. The van der Waals surface area contributed by atoms with E-state index in [0.29, 0.717) is 18.0 Å². The second-order valence-electron chi connectivity index (χ2n) is 6.87. The molecule has 0 aliphatic carbocycles. The molecule has 3 aromatic rings. The smallest absolute Gasteiger partial charge is 0.336 e. The van der Waals surface area contributed by atoms with Crippen molar-refractivity contribution in [2.75, 3.05) is 0 Å². The molecule has 1 N–H and O–H groups in total. The molecule has 0 bridgehead atoms. The summed E-state index contributed by atoms with van der Waals surface area (Å²) in [5, 5.41) is 14.0. The minimum Gasteiger partial charge on any atom is -0.478 e. The first-order valence-corrected chi connectivity index (χ1v) is 9.19. The van der Waals surface area contributed by atoms with Gasteiger partial charge in [-0.05, 0) is 23.6 Å². The van der Waals surface area contributed by atoms with Crippen LogP contribution in [-0.4, -0.2) is 30.8 Å². The molecule has 2 aromatic heterocycles. The van der Waals surface area contributed by atoms with Crippen LogP contribution in [0.3, 0.4) is 0 Å². The second kappa shape index (κ2) is 8.12. The standard InChI is InChI=1S/C21H24N4O2/c1-4-5-19-23-20(14(2)3)24-25(19)13-15-6-8-16(9-7-15)18-12-22-11-10-17(18)21(26)27/h6-12,14H,4-5,13H2,1-3H3,(H,26,27). The van der Waals surface area contributed by atoms with Gasteiger partial charge in [0.15, 0.2) is 5.82 Å². The molecule has 0 amide bonds. The van der Waals surface area contributed by atoms with Gasteiger partial charge in [0.05, 0.1) is 12.1 Å². The van der Waals surface area contributed by atoms with E-state index in [9.17, 15) is 9.90 Å². The molecule has 0 aliphatic heterocycles. The molecule has 6 nitrogen and oxygen atoms in total. The van der Waals surface area contributed by atoms with E-state index >= 15 is 0 Å². The molecule has 1 aromatic carbocycles. The number of hydrogen-bond acceptors (Lipinski definition) is 4. The van der Waals surface area contributed by atoms with E-state index in [1.54, 1.807) is 6.20 Å². The molecular weight excluding hydrogens is 340 g/mol. The Morgan fingerprint density at radius 1 is 1.19 bits per heavy atom. The number of hydrogen-bond donors (Lipinski definition) is 1. The van der Waals surface area contributed by atoms with E-state index in [1.807, 2.05) is 28.9 Å². The quantitative estimate of drug-likeness (QED) is 0.681. The number of carbonyl (C=O) groups is 1. The Morgan fingerprint density at radius 2 is 1.93 bits per heavy atom. The van der Waals surface area contributed by atoms with Crippen molar-refractivity contribution in [1.82, 2.24) is 19.7 Å². The number of pyridine rings is 1. The van der Waals surface area contributed by atoms with Crippen LogP contribution in [0.1, 0.15) is 60.7 Å². The Labute approximate surface area is 158 Å². The first kappa shape index (κ1) is 18.8. The van der Waals surface area contributed by atoms with Crippen LogP contribution in [0.15, 0.2) is 42.7 Å². The summed E-state index contributed by atoms with van der Waals surface area (Å²) >= 11 is 0. The van der Waals surface area contributed by atoms with Crippen molar-refractivity contribution in [2.24, 2.45) is 0 Å². The van der Waals surface area contributed by atoms with E-state index in [4.69, 9.17) is 0 Å². The maximum Gasteiger partial charge on any atom is 0.336 e. The number of aryl methyl sites for hydroxylation is 1. The molecule has 3 rings (SSSR count). The molecule has 0 saturated heterocycles. The third-order valence-corrected chi connectivity index (χ3v) is 4.40. The van der Waals surface area contributed by atoms with Crippen LogP contribution in [-0.2, 0) is 13.0 Å². The minimum absolute atomic E-state index is 0.251. The summed E-state index contributed by atoms with van der Waals surface area (Å²) in [6, 6.07) is 9.38. The molecule has 2 heterocycles. The predicted molar refractivity (Wildman–Crippen MR) is 104 cm³/mol. The van der Waals surface area contributed by atoms with Crippen molar-refractivity contribution < 1.29 is 9.90 Å². The van der Waals surface area contributed by atoms with Gasteiger partial charge in [0.25, 0.3) is 0 Å². The van der Waals surface area contributed by atoms with Crippen LogP contribution < -0.4 is 0 Å². The zero-order chi connectivity index (χ0) is 19.4. The van der Waals surface area contributed by atoms with Gasteiger partial charge in [-0.2, -0.15) is 5.10 Å². The second-order valence-corrected chi connectivity index (χ2v) is 6.87. The summed E-state index contributed by atoms with van der Waals surface area (Å²) in [5.41, 5.74) is 2.79. The summed E-state index contributed by atoms with van der Waals surface area (Å²) < 4.78 is 1.97. The zero-order valence-corrected chi connectivity index (χ0v) is 15.9. The Bertz CT molecular complexity index is 930. The molecule has 0 spiro atoms. The van der Waals surface area contributed by atoms with Crippen molar-refractivity contribution in [3.05, 3.63) is 65.5 Å². The Hall–Kier alpha value is -3.02. The van der Waals surface area contributed by atoms with E-state index in [1.165, 1.54) is 12.3 Å². The third kappa shape index (κ3) is 4.22. The molecule has 0 radical (unpaired) electrons. The van der Waals surface area contributed by atoms with Crippen LogP contribution in [0.25, 0.3) is 11.1 Å². The Balaban J connectivity index is 1.86. The van der Waals surface area contributed by atoms with Gasteiger partial charge in [0.1, 0.15) is 5.82 Å². The van der Waals surface area contributed by atoms with E-state index in [2.05, 4.69) is 35.8 Å². The van der Waals surface area contributed by atoms with Crippen LogP contribution in [0.2, 0.25) is 0 Å². The lowest BCUT2D eigenvalue weighted by atomic mass is 10.0. The van der Waals surface area contributed by atoms with Crippen molar-refractivity contribution in [3.63, 3.8) is 0 Å². The van der Waals surface area contributed by atoms with Crippen molar-refractivity contribution in [1.29, 1.82) is 0 Å². The van der Waals surface area contributed by atoms with Gasteiger partial charge < -0.3 is 5.11 Å². The van der Waals surface area contributed by atoms with Gasteiger partial charge in [0.2, 0.25) is 0 Å². The monoisotopic (exact) mass is 364 g/mol. The number of benzene rings is 1. The van der Waals surface area contributed by atoms with E-state index in [-0.39, 0.29) is 5.56 Å². The molecule has 6 heteroatoms. The Morgan fingerprint density at radius 3 is 2.56 bits per heavy atom. The van der Waals surface area contributed by atoms with Crippen LogP contribution in [0.5, 0.6) is 0 Å². The van der Waals surface area contributed by atoms with Crippen LogP contribution in [0.4, 0.5) is 0 Å². The summed E-state index contributed by atoms with van der Waals surface area (Å²) in [6.07, 6.45) is 5.00. The fourth-order valence-corrected chi connectivity index (χ4v) is 2.95. The highest BCUT2D eigenvalue weighted by molar-refractivity contribution is 5.95. The molecule has 0 saturated carbocycles. The van der Waals surface area contributed by atoms with Crippen LogP contribution >= 0.6 is 0 Å². The number of rotatable bonds is 7. The molecular formula is C21H24N4O2. The van der Waals surface area contributed by atoms with Gasteiger partial charge in [-0.25, -0.2) is 14.5 Å². The van der Waals surface area contributed by atoms with Gasteiger partial charge in [-0.1, -0.05) is 45.0 Å². The lowest BCUT2D eigenvalue weighted by molar-refractivity contribution is 0.0697. The van der Waals surface area contributed by atoms with Gasteiger partial charge in [-0.3, -0.25) is 4.98 Å². The number of carboxylic acid groups (broad SMARTS) is 1. The summed E-state index contributed by atoms with van der Waals surface area (Å²) in [4.78, 5) is 20.1. The summed E-state index contributed by atoms with van der Waals surface area (Å²) in [5.74, 6) is 1.22. The minimum atomic E-state index is -0.954. The number of carboxylic acids is 1. The normalized spacial score (nSPS) is 11.1. The van der Waals surface area contributed by atoms with E-state index < -0.39 is 5.97 Å². The average Bonchev–Trinajstić information content (AvgIpc) is 3.05. The van der Waals surface area contributed by atoms with E-state index in [0.717, 1.165) is 35.6 Å². The lowest BCUT2D eigenvalue weighted by Gasteiger charge is -2.08. The maximum absolute atomic E-state index is 11.4. The topological polar surface area (TPSA) is 80.9 Å². The van der Waals surface area contributed by atoms with Crippen LogP contribution in [0, 0.1) is 0 Å². The molecule has 0 fully saturated rings. The van der Waals surface area contributed by atoms with Crippen molar-refractivity contribution in [2.45, 2.75) is 46.1 Å². The first-order chi connectivity index (χ1) is 13.0. The largest absolute Gasteiger partial charge is 0.478 e. The predicted octanol–water partition coefficient (Wildman–Crippen LogP) is 4.16. The molecule has 0 unspecified atom stereocenters. The van der Waals surface area contributed by atoms with Crippen molar-refractivity contribution in [3.8, 4) is 11.1 Å². The molecule has 27 heavy (non-hydrogen) atoms. The van der Waals surface area contributed by atoms with Gasteiger partial charge >= 0.3 is 5.97 Å². The number of nitrogens with zero attached hydrogens (tertiary/aromatic N) is 4. The number of aromatic carboxylic acids is 1. The zero-order valence-electron chi connectivity index (χ0n) is 15.9.